The van der Waals surface area contributed by atoms with Gasteiger partial charge < -0.3 is 38.6 Å². The van der Waals surface area contributed by atoms with Crippen LogP contribution in [0, 0.1) is 0 Å². The van der Waals surface area contributed by atoms with E-state index in [2.05, 4.69) is 0 Å². The summed E-state index contributed by atoms with van der Waals surface area (Å²) in [4.78, 5) is -8.44. The number of aromatic hydroxyl groups is 4. The van der Waals surface area contributed by atoms with Crippen LogP contribution in [-0.2, 0) is 40.5 Å². The fraction of sp³-hybridized carbons (Fsp3) is 0. The van der Waals surface area contributed by atoms with Crippen molar-refractivity contribution < 1.29 is 191 Å². The third kappa shape index (κ3) is 11.6. The summed E-state index contributed by atoms with van der Waals surface area (Å²) in [5.74, 6) is -3.42. The van der Waals surface area contributed by atoms with Crippen molar-refractivity contribution in [3.63, 3.8) is 0 Å². The van der Waals surface area contributed by atoms with E-state index in [0.29, 0.717) is 48.5 Å². The molecule has 28 heteroatoms. The van der Waals surface area contributed by atoms with E-state index in [-0.39, 0.29) is 165 Å². The van der Waals surface area contributed by atoms with E-state index in [1.54, 1.807) is 0 Å². The van der Waals surface area contributed by atoms with E-state index < -0.39 is 122 Å². The molecule has 16 nitrogen and oxygen atoms in total. The van der Waals surface area contributed by atoms with Gasteiger partial charge in [0.05, 0.1) is 58.7 Å². The van der Waals surface area contributed by atoms with Crippen LogP contribution in [-0.4, -0.2) is 72.3 Å². The Labute approximate surface area is 401 Å². The van der Waals surface area contributed by atoms with Crippen LogP contribution >= 0.6 is 47.0 Å². The zero-order chi connectivity index (χ0) is 35.7. The Morgan fingerprint density at radius 2 is 0.442 bits per heavy atom. The van der Waals surface area contributed by atoms with Crippen molar-refractivity contribution in [1.82, 2.24) is 0 Å². The molecule has 0 saturated carbocycles. The summed E-state index contributed by atoms with van der Waals surface area (Å²) in [5.41, 5.74) is 0. The van der Waals surface area contributed by atoms with Gasteiger partial charge in [0.2, 0.25) is 0 Å². The van der Waals surface area contributed by atoms with E-state index >= 15 is 0 Å². The quantitative estimate of drug-likeness (QED) is 0.0961. The minimum absolute atomic E-state index is 0. The summed E-state index contributed by atoms with van der Waals surface area (Å²) in [6.45, 7) is 0. The fourth-order valence-corrected chi connectivity index (χ4v) is 10.9. The number of phenols is 4. The molecule has 0 amide bonds. The zero-order valence-electron chi connectivity index (χ0n) is 26.6. The van der Waals surface area contributed by atoms with E-state index in [9.17, 15) is 72.3 Å². The molecular weight excluding hydrogens is 893 g/mol. The smallest absolute Gasteiger partial charge is 0.744 e. The largest absolute Gasteiger partial charge is 1.00 e. The number of rotatable bonds is 4. The van der Waals surface area contributed by atoms with E-state index in [1.165, 1.54) is 0 Å². The third-order valence-corrected chi connectivity index (χ3v) is 13.6. The first-order chi connectivity index (χ1) is 21.9. The molecule has 0 saturated heterocycles. The second-order valence-electron chi connectivity index (χ2n) is 9.30. The molecule has 0 fully saturated rings. The first-order valence-electron chi connectivity index (χ1n) is 12.0. The molecular formula is C24H12Na4O16S8. The van der Waals surface area contributed by atoms with Crippen molar-refractivity contribution in [2.45, 2.75) is 58.7 Å². The number of phenolic OH excluding ortho intramolecular Hbond substituents is 4. The van der Waals surface area contributed by atoms with Gasteiger partial charge >= 0.3 is 118 Å². The second-order valence-corrected chi connectivity index (χ2v) is 19.2. The van der Waals surface area contributed by atoms with Crippen LogP contribution in [0.25, 0.3) is 0 Å². The number of fused-ring (bicyclic) bond motifs is 8. The molecule has 1 heterocycles. The van der Waals surface area contributed by atoms with Gasteiger partial charge in [0.25, 0.3) is 0 Å². The summed E-state index contributed by atoms with van der Waals surface area (Å²) in [6, 6.07) is 5.00. The SMILES string of the molecule is O=S(=O)([O-])c1cc2c(O)c(c1)Sc1cc(S(=O)(=O)[O-])cc(c1O)Sc1cc(S(=O)(=O)[O-])cc(c1O)Sc1cc(S(=O)(=O)[O-])cc(c1O)S2.[Na+].[Na+].[Na+].[Na+]. The topological polar surface area (TPSA) is 310 Å². The molecule has 4 aromatic rings. The van der Waals surface area contributed by atoms with Gasteiger partial charge in [-0.1, -0.05) is 47.0 Å². The molecule has 1 aliphatic rings. The minimum atomic E-state index is -5.32. The average Bonchev–Trinajstić information content (AvgIpc) is 2.93. The van der Waals surface area contributed by atoms with Crippen molar-refractivity contribution in [1.29, 1.82) is 0 Å². The van der Waals surface area contributed by atoms with E-state index in [4.69, 9.17) is 0 Å². The molecule has 4 N–H and O–H groups in total. The molecule has 256 valence electrons. The summed E-state index contributed by atoms with van der Waals surface area (Å²) >= 11 is 0.937. The molecule has 8 bridgehead atoms. The fourth-order valence-electron chi connectivity index (χ4n) is 3.91. The molecule has 0 radical (unpaired) electrons. The molecule has 0 spiro atoms. The predicted octanol–water partition coefficient (Wildman–Crippen LogP) is -8.94. The predicted molar refractivity (Wildman–Crippen MR) is 161 cm³/mol. The standard InChI is InChI=1S/C24H16O16S8.4Na/c25-21-13-1-9(45(29,30)31)2-14(21)42-17-5-11(47(35,36)37)6-18(23(17)27)44-20-8-12(48(38,39)40)7-19(24(20)28)43-16-4-10(46(32,33)34)3-15(41-13)22(16)26;;;;/h1-8,25-28H,(H,29,30,31)(H,32,33,34)(H,35,36,37)(H,38,39,40);;;;/q;4*+1/p-4. The Kier molecular flexibility index (Phi) is 18.5. The maximum atomic E-state index is 12.0. The Balaban J connectivity index is 0.00000338. The van der Waals surface area contributed by atoms with Gasteiger partial charge in [0.15, 0.2) is 0 Å². The van der Waals surface area contributed by atoms with Crippen LogP contribution in [0.2, 0.25) is 0 Å². The van der Waals surface area contributed by atoms with E-state index in [1.807, 2.05) is 0 Å². The van der Waals surface area contributed by atoms with Crippen molar-refractivity contribution in [3.8, 4) is 23.0 Å². The van der Waals surface area contributed by atoms with Crippen LogP contribution in [0.4, 0.5) is 0 Å². The van der Waals surface area contributed by atoms with Gasteiger partial charge in [0, 0.05) is 0 Å². The van der Waals surface area contributed by atoms with Gasteiger partial charge in [-0.25, -0.2) is 33.7 Å². The van der Waals surface area contributed by atoms with Crippen LogP contribution < -0.4 is 118 Å². The molecule has 0 atom stereocenters. The number of hydrogen-bond acceptors (Lipinski definition) is 20. The first-order valence-corrected chi connectivity index (χ1v) is 20.9. The molecule has 0 unspecified atom stereocenters. The van der Waals surface area contributed by atoms with Gasteiger partial charge in [-0.05, 0) is 48.5 Å². The van der Waals surface area contributed by atoms with E-state index in [0.717, 1.165) is 0 Å². The van der Waals surface area contributed by atoms with Crippen LogP contribution in [0.3, 0.4) is 0 Å². The van der Waals surface area contributed by atoms with Gasteiger partial charge in [-0.15, -0.1) is 0 Å². The zero-order valence-corrected chi connectivity index (χ0v) is 41.1. The van der Waals surface area contributed by atoms with Crippen molar-refractivity contribution in [2.24, 2.45) is 0 Å². The van der Waals surface area contributed by atoms with Gasteiger partial charge in [-0.3, -0.25) is 0 Å². The summed E-state index contributed by atoms with van der Waals surface area (Å²) in [5, 5.41) is 44.4. The normalized spacial score (nSPS) is 13.0. The van der Waals surface area contributed by atoms with Gasteiger partial charge in [-0.2, -0.15) is 0 Å². The van der Waals surface area contributed by atoms with Gasteiger partial charge in [0.1, 0.15) is 63.5 Å². The van der Waals surface area contributed by atoms with Crippen LogP contribution in [0.5, 0.6) is 23.0 Å². The molecule has 52 heavy (non-hydrogen) atoms. The summed E-state index contributed by atoms with van der Waals surface area (Å²) < 4.78 is 144. The maximum absolute atomic E-state index is 12.0. The average molecular weight is 905 g/mol. The molecule has 1 aliphatic heterocycles. The third-order valence-electron chi connectivity index (χ3n) is 6.09. The number of hydrogen-bond donors (Lipinski definition) is 4. The van der Waals surface area contributed by atoms with Crippen molar-refractivity contribution in [3.05, 3.63) is 48.5 Å². The molecule has 0 aliphatic carbocycles. The van der Waals surface area contributed by atoms with Crippen LogP contribution in [0.15, 0.2) is 107 Å². The maximum Gasteiger partial charge on any atom is 1.00 e. The monoisotopic (exact) mass is 904 g/mol. The number of benzene rings is 4. The van der Waals surface area contributed by atoms with Crippen LogP contribution in [0.1, 0.15) is 0 Å². The summed E-state index contributed by atoms with van der Waals surface area (Å²) in [6.07, 6.45) is 0. The first kappa shape index (κ1) is 51.1. The Hall–Kier alpha value is 1.12. The molecule has 4 aromatic carbocycles. The minimum Gasteiger partial charge on any atom is -0.744 e. The second kappa shape index (κ2) is 18.8. The molecule has 0 aromatic heterocycles. The molecule has 5 rings (SSSR count). The summed E-state index contributed by atoms with van der Waals surface area (Å²) in [7, 11) is -21.3. The Bertz CT molecular complexity index is 2070. The van der Waals surface area contributed by atoms with Crippen molar-refractivity contribution in [2.75, 3.05) is 0 Å². The van der Waals surface area contributed by atoms with Crippen molar-refractivity contribution >= 4 is 87.5 Å². The Morgan fingerprint density at radius 1 is 0.327 bits per heavy atom. The Morgan fingerprint density at radius 3 is 0.538 bits per heavy atom.